The molecule has 1 N–H and O–H groups in total. The number of likely N-dealkylation sites (tertiary alicyclic amines) is 1. The number of nitrogens with one attached hydrogen (secondary N) is 1. The summed E-state index contributed by atoms with van der Waals surface area (Å²) in [5.41, 5.74) is 2.95. The van der Waals surface area contributed by atoms with E-state index in [1.165, 1.54) is 5.56 Å². The third-order valence-corrected chi connectivity index (χ3v) is 5.41. The first kappa shape index (κ1) is 17.6. The number of benzene rings is 1. The average molecular weight is 363 g/mol. The Morgan fingerprint density at radius 3 is 2.89 bits per heavy atom. The van der Waals surface area contributed by atoms with Crippen molar-refractivity contribution in [3.05, 3.63) is 65.5 Å². The fourth-order valence-corrected chi connectivity index (χ4v) is 3.69. The number of aromatic nitrogens is 1. The normalized spacial score (nSPS) is 17.3. The van der Waals surface area contributed by atoms with E-state index in [0.29, 0.717) is 19.6 Å². The first-order valence-corrected chi connectivity index (χ1v) is 9.61. The fraction of sp³-hybridized carbons (Fsp3) is 0.364. The second kappa shape index (κ2) is 7.43. The largest absolute Gasteiger partial charge is 0.482 e. The summed E-state index contributed by atoms with van der Waals surface area (Å²) in [7, 11) is 0. The van der Waals surface area contributed by atoms with Crippen LogP contribution in [0.2, 0.25) is 0 Å². The van der Waals surface area contributed by atoms with E-state index in [-0.39, 0.29) is 11.6 Å². The van der Waals surface area contributed by atoms with Gasteiger partial charge in [-0.05, 0) is 36.3 Å². The summed E-state index contributed by atoms with van der Waals surface area (Å²) in [6.45, 7) is 3.93. The molecule has 0 saturated carbocycles. The van der Waals surface area contributed by atoms with Crippen molar-refractivity contribution in [3.63, 3.8) is 0 Å². The Hall–Kier alpha value is -2.82. The van der Waals surface area contributed by atoms with Gasteiger partial charge in [-0.3, -0.25) is 4.98 Å². The maximum atomic E-state index is 12.5. The highest BCUT2D eigenvalue weighted by molar-refractivity contribution is 5.74. The number of amides is 2. The molecular weight excluding hydrogens is 338 g/mol. The minimum absolute atomic E-state index is 0.0336. The fourth-order valence-electron chi connectivity index (χ4n) is 3.69. The number of ether oxygens (including phenoxy) is 1. The van der Waals surface area contributed by atoms with Crippen LogP contribution in [0, 0.1) is 0 Å². The van der Waals surface area contributed by atoms with Crippen molar-refractivity contribution >= 4 is 12.1 Å². The minimum Gasteiger partial charge on any atom is -0.482 e. The predicted octanol–water partition coefficient (Wildman–Crippen LogP) is 3.79. The number of pyridine rings is 1. The molecule has 3 heterocycles. The zero-order valence-corrected chi connectivity index (χ0v) is 15.6. The topological polar surface area (TPSA) is 54.5 Å². The standard InChI is InChI=1S/C22H25N3O2/c1-2-17-8-12-23-19(15-17)16-24-21(26)25-13-10-22(11-14-25)9-7-18-5-3-4-6-20(18)27-22/h3-9,12,15H,2,10-11,13-14,16H2,1H3,(H,24,26). The van der Waals surface area contributed by atoms with Crippen LogP contribution in [0.1, 0.15) is 36.6 Å². The van der Waals surface area contributed by atoms with E-state index in [1.54, 1.807) is 6.20 Å². The quantitative estimate of drug-likeness (QED) is 0.903. The Bertz CT molecular complexity index is 854. The van der Waals surface area contributed by atoms with Crippen molar-refractivity contribution in [1.82, 2.24) is 15.2 Å². The van der Waals surface area contributed by atoms with E-state index in [9.17, 15) is 4.79 Å². The molecule has 5 heteroatoms. The minimum atomic E-state index is -0.290. The van der Waals surface area contributed by atoms with Gasteiger partial charge in [-0.2, -0.15) is 0 Å². The van der Waals surface area contributed by atoms with Crippen molar-refractivity contribution in [1.29, 1.82) is 0 Å². The highest BCUT2D eigenvalue weighted by Gasteiger charge is 2.37. The van der Waals surface area contributed by atoms with Gasteiger partial charge in [0.25, 0.3) is 0 Å². The van der Waals surface area contributed by atoms with E-state index < -0.39 is 0 Å². The molecule has 2 amide bonds. The average Bonchev–Trinajstić information content (AvgIpc) is 2.72. The molecular formula is C22H25N3O2. The van der Waals surface area contributed by atoms with Gasteiger partial charge in [0.1, 0.15) is 11.4 Å². The number of aryl methyl sites for hydroxylation is 1. The van der Waals surface area contributed by atoms with Crippen LogP contribution in [0.15, 0.2) is 48.7 Å². The molecule has 27 heavy (non-hydrogen) atoms. The molecule has 1 aromatic carbocycles. The molecule has 1 saturated heterocycles. The predicted molar refractivity (Wildman–Crippen MR) is 105 cm³/mol. The van der Waals surface area contributed by atoms with Crippen LogP contribution in [0.25, 0.3) is 6.08 Å². The molecule has 1 fully saturated rings. The number of fused-ring (bicyclic) bond motifs is 1. The Balaban J connectivity index is 1.32. The van der Waals surface area contributed by atoms with Gasteiger partial charge in [0.15, 0.2) is 0 Å². The number of carbonyl (C=O) groups excluding carboxylic acids is 1. The van der Waals surface area contributed by atoms with Crippen LogP contribution in [0.5, 0.6) is 5.75 Å². The summed E-state index contributed by atoms with van der Waals surface area (Å²) in [6, 6.07) is 12.1. The van der Waals surface area contributed by atoms with Gasteiger partial charge in [0.05, 0.1) is 12.2 Å². The zero-order chi connectivity index (χ0) is 18.7. The first-order valence-electron chi connectivity index (χ1n) is 9.61. The molecule has 2 aliphatic heterocycles. The van der Waals surface area contributed by atoms with Gasteiger partial charge in [0.2, 0.25) is 0 Å². The lowest BCUT2D eigenvalue weighted by molar-refractivity contribution is 0.0497. The zero-order valence-electron chi connectivity index (χ0n) is 15.6. The van der Waals surface area contributed by atoms with E-state index in [4.69, 9.17) is 4.74 Å². The third-order valence-electron chi connectivity index (χ3n) is 5.41. The molecule has 2 aliphatic rings. The lowest BCUT2D eigenvalue weighted by Crippen LogP contribution is -2.51. The smallest absolute Gasteiger partial charge is 0.317 e. The highest BCUT2D eigenvalue weighted by atomic mass is 16.5. The number of para-hydroxylation sites is 1. The molecule has 0 unspecified atom stereocenters. The van der Waals surface area contributed by atoms with Crippen LogP contribution >= 0.6 is 0 Å². The summed E-state index contributed by atoms with van der Waals surface area (Å²) < 4.78 is 6.29. The van der Waals surface area contributed by atoms with Crippen LogP contribution in [-0.4, -0.2) is 34.6 Å². The Kier molecular flexibility index (Phi) is 4.84. The third kappa shape index (κ3) is 3.82. The van der Waals surface area contributed by atoms with Gasteiger partial charge in [0, 0.05) is 37.7 Å². The first-order chi connectivity index (χ1) is 13.2. The Morgan fingerprint density at radius 2 is 2.07 bits per heavy atom. The van der Waals surface area contributed by atoms with Crippen LogP contribution in [0.4, 0.5) is 4.79 Å². The Morgan fingerprint density at radius 1 is 1.26 bits per heavy atom. The van der Waals surface area contributed by atoms with Crippen molar-refractivity contribution < 1.29 is 9.53 Å². The molecule has 140 valence electrons. The monoisotopic (exact) mass is 363 g/mol. The molecule has 5 nitrogen and oxygen atoms in total. The van der Waals surface area contributed by atoms with E-state index >= 15 is 0 Å². The van der Waals surface area contributed by atoms with E-state index in [0.717, 1.165) is 36.3 Å². The number of hydrogen-bond donors (Lipinski definition) is 1. The number of nitrogens with zero attached hydrogens (tertiary/aromatic N) is 2. The SMILES string of the molecule is CCc1ccnc(CNC(=O)N2CCC3(C=Cc4ccccc4O3)CC2)c1. The summed E-state index contributed by atoms with van der Waals surface area (Å²) >= 11 is 0. The summed E-state index contributed by atoms with van der Waals surface area (Å²) in [5.74, 6) is 0.930. The van der Waals surface area contributed by atoms with Crippen LogP contribution < -0.4 is 10.1 Å². The lowest BCUT2D eigenvalue weighted by atomic mass is 9.88. The number of hydrogen-bond acceptors (Lipinski definition) is 3. The van der Waals surface area contributed by atoms with Crippen LogP contribution in [-0.2, 0) is 13.0 Å². The molecule has 4 rings (SSSR count). The molecule has 0 atom stereocenters. The second-order valence-electron chi connectivity index (χ2n) is 7.19. The maximum absolute atomic E-state index is 12.5. The molecule has 1 spiro atoms. The number of urea groups is 1. The molecule has 0 radical (unpaired) electrons. The van der Waals surface area contributed by atoms with E-state index in [1.807, 2.05) is 35.2 Å². The Labute approximate surface area is 160 Å². The number of carbonyl (C=O) groups is 1. The number of piperidine rings is 1. The van der Waals surface area contributed by atoms with Gasteiger partial charge in [-0.15, -0.1) is 0 Å². The van der Waals surface area contributed by atoms with Crippen molar-refractivity contribution in [2.75, 3.05) is 13.1 Å². The van der Waals surface area contributed by atoms with Gasteiger partial charge in [-0.25, -0.2) is 4.79 Å². The van der Waals surface area contributed by atoms with Gasteiger partial charge >= 0.3 is 6.03 Å². The van der Waals surface area contributed by atoms with Crippen LogP contribution in [0.3, 0.4) is 0 Å². The summed E-state index contributed by atoms with van der Waals surface area (Å²) in [4.78, 5) is 18.7. The van der Waals surface area contributed by atoms with Crippen molar-refractivity contribution in [2.45, 2.75) is 38.3 Å². The van der Waals surface area contributed by atoms with Crippen molar-refractivity contribution in [3.8, 4) is 5.75 Å². The van der Waals surface area contributed by atoms with Gasteiger partial charge < -0.3 is 15.0 Å². The van der Waals surface area contributed by atoms with E-state index in [2.05, 4.69) is 35.4 Å². The highest BCUT2D eigenvalue weighted by Crippen LogP contribution is 2.36. The second-order valence-corrected chi connectivity index (χ2v) is 7.19. The summed E-state index contributed by atoms with van der Waals surface area (Å²) in [5, 5.41) is 2.99. The molecule has 0 aliphatic carbocycles. The van der Waals surface area contributed by atoms with Gasteiger partial charge in [-0.1, -0.05) is 31.2 Å². The van der Waals surface area contributed by atoms with Crippen molar-refractivity contribution in [2.24, 2.45) is 0 Å². The number of rotatable bonds is 3. The molecule has 2 aromatic rings. The molecule has 1 aromatic heterocycles. The molecule has 0 bridgehead atoms. The lowest BCUT2D eigenvalue weighted by Gasteiger charge is -2.41. The maximum Gasteiger partial charge on any atom is 0.317 e. The summed E-state index contributed by atoms with van der Waals surface area (Å²) in [6.07, 6.45) is 8.67.